The van der Waals surface area contributed by atoms with Crippen LogP contribution in [-0.2, 0) is 17.6 Å². The van der Waals surface area contributed by atoms with E-state index in [0.717, 1.165) is 29.7 Å². The van der Waals surface area contributed by atoms with E-state index in [1.807, 2.05) is 85.1 Å². The number of aromatic amines is 1. The normalized spacial score (nSPS) is 11.1. The molecule has 1 amide bonds. The van der Waals surface area contributed by atoms with Gasteiger partial charge in [0, 0.05) is 17.4 Å². The molecule has 5 rings (SSSR count). The van der Waals surface area contributed by atoms with Gasteiger partial charge in [0.05, 0.1) is 11.4 Å². The van der Waals surface area contributed by atoms with Gasteiger partial charge in [-0.25, -0.2) is 4.98 Å². The molecule has 186 valence electrons. The van der Waals surface area contributed by atoms with Gasteiger partial charge in [0.2, 0.25) is 5.91 Å². The van der Waals surface area contributed by atoms with Crippen molar-refractivity contribution in [3.05, 3.63) is 107 Å². The second kappa shape index (κ2) is 10.9. The fraction of sp³-hybridized carbons (Fsp3) is 0.167. The molecule has 0 bridgehead atoms. The molecule has 0 unspecified atom stereocenters. The van der Waals surface area contributed by atoms with E-state index >= 15 is 0 Å². The summed E-state index contributed by atoms with van der Waals surface area (Å²) in [6.07, 6.45) is 3.67. The number of nitrogens with one attached hydrogen (secondary N) is 2. The highest BCUT2D eigenvalue weighted by molar-refractivity contribution is 7.99. The summed E-state index contributed by atoms with van der Waals surface area (Å²) >= 11 is 1.25. The van der Waals surface area contributed by atoms with Crippen LogP contribution < -0.4 is 10.9 Å². The molecule has 2 aromatic heterocycles. The maximum atomic E-state index is 13.7. The van der Waals surface area contributed by atoms with Crippen LogP contribution in [0.15, 0.2) is 95.0 Å². The third kappa shape index (κ3) is 5.22. The average molecular weight is 509 g/mol. The fourth-order valence-electron chi connectivity index (χ4n) is 4.23. The molecule has 7 heteroatoms. The second-order valence-corrected chi connectivity index (χ2v) is 9.68. The topological polar surface area (TPSA) is 79.8 Å². The molecule has 2 N–H and O–H groups in total. The Morgan fingerprint density at radius 3 is 2.22 bits per heavy atom. The second-order valence-electron chi connectivity index (χ2n) is 8.73. The number of nitrogens with zero attached hydrogens (tertiary/aromatic N) is 2. The number of benzene rings is 3. The molecule has 37 heavy (non-hydrogen) atoms. The summed E-state index contributed by atoms with van der Waals surface area (Å²) in [5.41, 5.74) is 6.50. The number of anilines is 1. The number of aromatic nitrogens is 3. The van der Waals surface area contributed by atoms with E-state index in [1.54, 1.807) is 4.57 Å². The van der Waals surface area contributed by atoms with E-state index < -0.39 is 0 Å². The minimum Gasteiger partial charge on any atom is -0.355 e. The van der Waals surface area contributed by atoms with Crippen molar-refractivity contribution in [2.75, 3.05) is 11.1 Å². The van der Waals surface area contributed by atoms with Crippen LogP contribution in [0, 0.1) is 0 Å². The van der Waals surface area contributed by atoms with Crippen molar-refractivity contribution in [1.82, 2.24) is 14.5 Å². The van der Waals surface area contributed by atoms with Gasteiger partial charge in [-0.1, -0.05) is 80.2 Å². The van der Waals surface area contributed by atoms with Crippen molar-refractivity contribution >= 4 is 34.4 Å². The van der Waals surface area contributed by atoms with E-state index in [-0.39, 0.29) is 17.2 Å². The smallest absolute Gasteiger partial charge is 0.283 e. The molecular formula is C30H28N4O2S. The average Bonchev–Trinajstić information content (AvgIpc) is 3.37. The summed E-state index contributed by atoms with van der Waals surface area (Å²) in [5.74, 6) is -0.0418. The Labute approximate surface area is 219 Å². The minimum absolute atomic E-state index is 0.117. The predicted octanol–water partition coefficient (Wildman–Crippen LogP) is 6.24. The van der Waals surface area contributed by atoms with Crippen molar-refractivity contribution in [2.45, 2.75) is 31.8 Å². The van der Waals surface area contributed by atoms with Crippen LogP contribution in [0.3, 0.4) is 0 Å². The number of hydrogen-bond donors (Lipinski definition) is 2. The largest absolute Gasteiger partial charge is 0.355 e. The standard InChI is InChI=1S/C30H28N4O2S/c1-3-20-10-14-23(15-11-20)32-26(35)19-37-30-33-27-25(22-8-6-5-7-9-22)18-31-28(27)29(36)34(30)24-16-12-21(4-2)13-17-24/h5-18,31H,3-4,19H2,1-2H3,(H,32,35). The zero-order valence-electron chi connectivity index (χ0n) is 20.8. The number of carbonyl (C=O) groups is 1. The van der Waals surface area contributed by atoms with Crippen molar-refractivity contribution < 1.29 is 4.79 Å². The quantitative estimate of drug-likeness (QED) is 0.192. The van der Waals surface area contributed by atoms with E-state index in [2.05, 4.69) is 24.1 Å². The Bertz CT molecular complexity index is 1590. The van der Waals surface area contributed by atoms with Crippen LogP contribution in [0.1, 0.15) is 25.0 Å². The lowest BCUT2D eigenvalue weighted by atomic mass is 10.1. The van der Waals surface area contributed by atoms with Gasteiger partial charge in [0.25, 0.3) is 5.56 Å². The van der Waals surface area contributed by atoms with Crippen LogP contribution in [0.5, 0.6) is 0 Å². The van der Waals surface area contributed by atoms with E-state index in [0.29, 0.717) is 21.9 Å². The summed E-state index contributed by atoms with van der Waals surface area (Å²) in [6, 6.07) is 25.5. The van der Waals surface area contributed by atoms with Crippen molar-refractivity contribution in [3.8, 4) is 16.8 Å². The van der Waals surface area contributed by atoms with Crippen molar-refractivity contribution in [2.24, 2.45) is 0 Å². The van der Waals surface area contributed by atoms with Crippen LogP contribution in [0.25, 0.3) is 27.8 Å². The lowest BCUT2D eigenvalue weighted by Crippen LogP contribution is -2.23. The molecule has 2 heterocycles. The van der Waals surface area contributed by atoms with Crippen LogP contribution in [0.2, 0.25) is 0 Å². The van der Waals surface area contributed by atoms with Gasteiger partial charge in [0.1, 0.15) is 11.0 Å². The third-order valence-electron chi connectivity index (χ3n) is 6.33. The molecule has 0 aliphatic heterocycles. The number of H-pyrrole nitrogens is 1. The summed E-state index contributed by atoms with van der Waals surface area (Å²) in [4.78, 5) is 34.6. The predicted molar refractivity (Wildman–Crippen MR) is 152 cm³/mol. The highest BCUT2D eigenvalue weighted by atomic mass is 32.2. The molecule has 3 aromatic carbocycles. The molecule has 0 aliphatic carbocycles. The minimum atomic E-state index is -0.200. The molecular weight excluding hydrogens is 480 g/mol. The van der Waals surface area contributed by atoms with Gasteiger partial charge in [0.15, 0.2) is 5.16 Å². The van der Waals surface area contributed by atoms with Gasteiger partial charge in [-0.3, -0.25) is 14.2 Å². The maximum Gasteiger partial charge on any atom is 0.283 e. The molecule has 0 saturated carbocycles. The van der Waals surface area contributed by atoms with Crippen LogP contribution in [0.4, 0.5) is 5.69 Å². The van der Waals surface area contributed by atoms with Gasteiger partial charge in [-0.15, -0.1) is 0 Å². The number of hydrogen-bond acceptors (Lipinski definition) is 4. The third-order valence-corrected chi connectivity index (χ3v) is 7.27. The molecule has 0 spiro atoms. The molecule has 0 fully saturated rings. The zero-order chi connectivity index (χ0) is 25.8. The molecule has 0 atom stereocenters. The number of fused-ring (bicyclic) bond motifs is 1. The van der Waals surface area contributed by atoms with Gasteiger partial charge in [-0.2, -0.15) is 0 Å². The Balaban J connectivity index is 1.52. The fourth-order valence-corrected chi connectivity index (χ4v) is 5.04. The van der Waals surface area contributed by atoms with Gasteiger partial charge in [-0.05, 0) is 53.8 Å². The molecule has 0 saturated heterocycles. The number of carbonyl (C=O) groups excluding carboxylic acids is 1. The van der Waals surface area contributed by atoms with E-state index in [4.69, 9.17) is 4.98 Å². The SMILES string of the molecule is CCc1ccc(NC(=O)CSc2nc3c(-c4ccccc4)c[nH]c3c(=O)n2-c2ccc(CC)cc2)cc1. The first kappa shape index (κ1) is 24.6. The Morgan fingerprint density at radius 2 is 1.57 bits per heavy atom. The maximum absolute atomic E-state index is 13.7. The molecule has 0 radical (unpaired) electrons. The van der Waals surface area contributed by atoms with Gasteiger partial charge < -0.3 is 10.3 Å². The highest BCUT2D eigenvalue weighted by Gasteiger charge is 2.19. The lowest BCUT2D eigenvalue weighted by Gasteiger charge is -2.13. The summed E-state index contributed by atoms with van der Waals surface area (Å²) < 4.78 is 1.58. The first-order valence-electron chi connectivity index (χ1n) is 12.4. The lowest BCUT2D eigenvalue weighted by molar-refractivity contribution is -0.113. The van der Waals surface area contributed by atoms with Crippen LogP contribution >= 0.6 is 11.8 Å². The van der Waals surface area contributed by atoms with Crippen LogP contribution in [-0.4, -0.2) is 26.2 Å². The summed E-state index contributed by atoms with van der Waals surface area (Å²) in [7, 11) is 0. The Kier molecular flexibility index (Phi) is 7.23. The summed E-state index contributed by atoms with van der Waals surface area (Å²) in [5, 5.41) is 3.41. The Morgan fingerprint density at radius 1 is 0.919 bits per heavy atom. The first-order chi connectivity index (χ1) is 18.1. The number of amides is 1. The van der Waals surface area contributed by atoms with Crippen molar-refractivity contribution in [3.63, 3.8) is 0 Å². The zero-order valence-corrected chi connectivity index (χ0v) is 21.6. The summed E-state index contributed by atoms with van der Waals surface area (Å²) in [6.45, 7) is 4.19. The number of aryl methyl sites for hydroxylation is 2. The number of rotatable bonds is 8. The number of thioether (sulfide) groups is 1. The van der Waals surface area contributed by atoms with Crippen molar-refractivity contribution in [1.29, 1.82) is 0 Å². The van der Waals surface area contributed by atoms with E-state index in [1.165, 1.54) is 22.9 Å². The van der Waals surface area contributed by atoms with E-state index in [9.17, 15) is 9.59 Å². The molecule has 6 nitrogen and oxygen atoms in total. The molecule has 0 aliphatic rings. The first-order valence-corrected chi connectivity index (χ1v) is 13.4. The monoisotopic (exact) mass is 508 g/mol. The van der Waals surface area contributed by atoms with Gasteiger partial charge >= 0.3 is 0 Å². The Hall–Kier alpha value is -4.10. The highest BCUT2D eigenvalue weighted by Crippen LogP contribution is 2.29. The molecule has 5 aromatic rings.